The molecule has 30 heavy (non-hydrogen) atoms. The summed E-state index contributed by atoms with van der Waals surface area (Å²) in [6.07, 6.45) is -0.540. The Labute approximate surface area is 174 Å². The fourth-order valence-electron chi connectivity index (χ4n) is 4.00. The van der Waals surface area contributed by atoms with Crippen LogP contribution in [0.5, 0.6) is 28.7 Å². The van der Waals surface area contributed by atoms with Crippen molar-refractivity contribution in [3.8, 4) is 28.7 Å². The number of benzene rings is 2. The number of esters is 1. The molecule has 2 aromatic carbocycles. The number of aliphatic hydroxyl groups is 1. The zero-order valence-electron chi connectivity index (χ0n) is 17.0. The molecule has 0 radical (unpaired) electrons. The first-order chi connectivity index (χ1) is 14.5. The van der Waals surface area contributed by atoms with Crippen LogP contribution in [0, 0.1) is 11.8 Å². The largest absolute Gasteiger partial charge is 0.493 e. The third kappa shape index (κ3) is 3.59. The minimum atomic E-state index is -1.09. The molecule has 0 aromatic heterocycles. The van der Waals surface area contributed by atoms with Gasteiger partial charge in [-0.25, -0.2) is 0 Å². The molecule has 8 heteroatoms. The Bertz CT molecular complexity index is 916. The highest BCUT2D eigenvalue weighted by molar-refractivity contribution is 5.76. The van der Waals surface area contributed by atoms with E-state index >= 15 is 0 Å². The predicted molar refractivity (Wildman–Crippen MR) is 105 cm³/mol. The van der Waals surface area contributed by atoms with Gasteiger partial charge in [-0.05, 0) is 41.8 Å². The maximum atomic E-state index is 12.5. The summed E-state index contributed by atoms with van der Waals surface area (Å²) in [7, 11) is 4.51. The fraction of sp³-hybridized carbons (Fsp3) is 0.409. The van der Waals surface area contributed by atoms with E-state index < -0.39 is 18.0 Å². The molecule has 2 aromatic rings. The summed E-state index contributed by atoms with van der Waals surface area (Å²) in [5, 5.41) is 11.1. The van der Waals surface area contributed by atoms with Crippen LogP contribution in [-0.2, 0) is 16.0 Å². The van der Waals surface area contributed by atoms with Crippen LogP contribution in [-0.4, -0.2) is 45.8 Å². The Hall–Kier alpha value is -3.13. The standard InChI is InChI=1S/C22H24O8/c1-25-17-8-13(9-18(26-2)21(17)27-3)20(23)19-14(10-28-22(19)24)6-12-4-5-15-16(7-12)30-11-29-15/h4-5,7-9,14,19-20,23H,6,10-11H2,1-3H3/t14-,19-,20+/m1/s1. The summed E-state index contributed by atoms with van der Waals surface area (Å²) >= 11 is 0. The zero-order valence-corrected chi connectivity index (χ0v) is 17.0. The molecule has 160 valence electrons. The minimum absolute atomic E-state index is 0.201. The topological polar surface area (TPSA) is 92.7 Å². The number of hydrogen-bond acceptors (Lipinski definition) is 8. The molecule has 8 nitrogen and oxygen atoms in total. The van der Waals surface area contributed by atoms with Gasteiger partial charge in [0.25, 0.3) is 0 Å². The predicted octanol–water partition coefficient (Wildman–Crippen LogP) is 2.51. The van der Waals surface area contributed by atoms with E-state index in [2.05, 4.69) is 0 Å². The lowest BCUT2D eigenvalue weighted by molar-refractivity contribution is -0.144. The van der Waals surface area contributed by atoms with Gasteiger partial charge in [0.05, 0.1) is 40.0 Å². The molecule has 1 N–H and O–H groups in total. The molecule has 0 unspecified atom stereocenters. The van der Waals surface area contributed by atoms with Gasteiger partial charge in [0.2, 0.25) is 12.5 Å². The molecule has 0 spiro atoms. The van der Waals surface area contributed by atoms with Gasteiger partial charge < -0.3 is 33.5 Å². The van der Waals surface area contributed by atoms with Crippen LogP contribution < -0.4 is 23.7 Å². The lowest BCUT2D eigenvalue weighted by atomic mass is 9.83. The highest BCUT2D eigenvalue weighted by atomic mass is 16.7. The minimum Gasteiger partial charge on any atom is -0.493 e. The second-order valence-electron chi connectivity index (χ2n) is 7.21. The molecule has 2 aliphatic rings. The summed E-state index contributed by atoms with van der Waals surface area (Å²) in [5.41, 5.74) is 1.47. The highest BCUT2D eigenvalue weighted by Gasteiger charge is 2.43. The molecule has 2 heterocycles. The third-order valence-corrected chi connectivity index (χ3v) is 5.52. The van der Waals surface area contributed by atoms with Crippen molar-refractivity contribution < 1.29 is 38.3 Å². The first-order valence-corrected chi connectivity index (χ1v) is 9.58. The molecule has 2 aliphatic heterocycles. The average Bonchev–Trinajstić information content (AvgIpc) is 3.38. The Balaban J connectivity index is 1.60. The molecule has 0 saturated carbocycles. The Morgan fingerprint density at radius 1 is 1.00 bits per heavy atom. The summed E-state index contributed by atoms with van der Waals surface area (Å²) in [6.45, 7) is 0.436. The summed E-state index contributed by atoms with van der Waals surface area (Å²) in [4.78, 5) is 12.5. The molecule has 1 saturated heterocycles. The SMILES string of the molecule is COc1cc([C@H](O)[C@@H]2C(=O)OC[C@H]2Cc2ccc3c(c2)OCO3)cc(OC)c1OC. The Kier molecular flexibility index (Phi) is 5.59. The third-order valence-electron chi connectivity index (χ3n) is 5.52. The summed E-state index contributed by atoms with van der Waals surface area (Å²) in [6, 6.07) is 8.97. The van der Waals surface area contributed by atoms with Crippen molar-refractivity contribution in [3.63, 3.8) is 0 Å². The highest BCUT2D eigenvalue weighted by Crippen LogP contribution is 2.43. The first-order valence-electron chi connectivity index (χ1n) is 9.58. The number of fused-ring (bicyclic) bond motifs is 1. The number of aliphatic hydroxyl groups excluding tert-OH is 1. The van der Waals surface area contributed by atoms with Crippen LogP contribution >= 0.6 is 0 Å². The summed E-state index contributed by atoms with van der Waals surface area (Å²) < 4.78 is 32.1. The summed E-state index contributed by atoms with van der Waals surface area (Å²) in [5.74, 6) is 1.26. The quantitative estimate of drug-likeness (QED) is 0.689. The van der Waals surface area contributed by atoms with Gasteiger partial charge in [-0.15, -0.1) is 0 Å². The smallest absolute Gasteiger partial charge is 0.312 e. The van der Waals surface area contributed by atoms with Gasteiger partial charge in [-0.1, -0.05) is 6.07 Å². The molecule has 0 aliphatic carbocycles. The van der Waals surface area contributed by atoms with E-state index in [9.17, 15) is 9.90 Å². The number of hydrogen-bond donors (Lipinski definition) is 1. The molecule has 3 atom stereocenters. The van der Waals surface area contributed by atoms with Crippen LogP contribution in [0.4, 0.5) is 0 Å². The lowest BCUT2D eigenvalue weighted by Gasteiger charge is -2.23. The van der Waals surface area contributed by atoms with Crippen LogP contribution in [0.15, 0.2) is 30.3 Å². The number of carbonyl (C=O) groups excluding carboxylic acids is 1. The Morgan fingerprint density at radius 3 is 2.37 bits per heavy atom. The van der Waals surface area contributed by atoms with Crippen molar-refractivity contribution >= 4 is 5.97 Å². The maximum Gasteiger partial charge on any atom is 0.312 e. The van der Waals surface area contributed by atoms with Crippen molar-refractivity contribution in [1.29, 1.82) is 0 Å². The van der Waals surface area contributed by atoms with Crippen LogP contribution in [0.25, 0.3) is 0 Å². The number of ether oxygens (including phenoxy) is 6. The van der Waals surface area contributed by atoms with E-state index in [1.54, 1.807) is 12.1 Å². The Morgan fingerprint density at radius 2 is 1.70 bits per heavy atom. The van der Waals surface area contributed by atoms with Crippen molar-refractivity contribution in [2.75, 3.05) is 34.7 Å². The van der Waals surface area contributed by atoms with E-state index in [0.29, 0.717) is 40.7 Å². The normalized spacial score (nSPS) is 20.6. The van der Waals surface area contributed by atoms with Gasteiger partial charge in [0, 0.05) is 5.92 Å². The molecular formula is C22H24O8. The van der Waals surface area contributed by atoms with Gasteiger partial charge in [-0.3, -0.25) is 4.79 Å². The molecule has 1 fully saturated rings. The van der Waals surface area contributed by atoms with E-state index in [4.69, 9.17) is 28.4 Å². The van der Waals surface area contributed by atoms with Crippen LogP contribution in [0.1, 0.15) is 17.2 Å². The maximum absolute atomic E-state index is 12.5. The molecular weight excluding hydrogens is 392 g/mol. The number of rotatable bonds is 7. The first kappa shape index (κ1) is 20.2. The van der Waals surface area contributed by atoms with Crippen LogP contribution in [0.3, 0.4) is 0 Å². The second-order valence-corrected chi connectivity index (χ2v) is 7.21. The van der Waals surface area contributed by atoms with Crippen molar-refractivity contribution in [1.82, 2.24) is 0 Å². The fourth-order valence-corrected chi connectivity index (χ4v) is 4.00. The van der Waals surface area contributed by atoms with Crippen LogP contribution in [0.2, 0.25) is 0 Å². The molecule has 0 amide bonds. The number of carbonyl (C=O) groups is 1. The van der Waals surface area contributed by atoms with Crippen molar-refractivity contribution in [2.45, 2.75) is 12.5 Å². The van der Waals surface area contributed by atoms with Gasteiger partial charge in [0.15, 0.2) is 23.0 Å². The van der Waals surface area contributed by atoms with Gasteiger partial charge in [-0.2, -0.15) is 0 Å². The average molecular weight is 416 g/mol. The molecule has 4 rings (SSSR count). The van der Waals surface area contributed by atoms with Gasteiger partial charge >= 0.3 is 5.97 Å². The van der Waals surface area contributed by atoms with E-state index in [0.717, 1.165) is 5.56 Å². The van der Waals surface area contributed by atoms with Gasteiger partial charge in [0.1, 0.15) is 0 Å². The lowest BCUT2D eigenvalue weighted by Crippen LogP contribution is -2.25. The van der Waals surface area contributed by atoms with Crippen molar-refractivity contribution in [2.24, 2.45) is 11.8 Å². The second kappa shape index (κ2) is 8.31. The monoisotopic (exact) mass is 416 g/mol. The molecule has 0 bridgehead atoms. The van der Waals surface area contributed by atoms with E-state index in [1.807, 2.05) is 18.2 Å². The van der Waals surface area contributed by atoms with E-state index in [-0.39, 0.29) is 19.3 Å². The number of methoxy groups -OCH3 is 3. The zero-order chi connectivity index (χ0) is 21.3. The van der Waals surface area contributed by atoms with Crippen molar-refractivity contribution in [3.05, 3.63) is 41.5 Å². The number of cyclic esters (lactones) is 1. The van der Waals surface area contributed by atoms with E-state index in [1.165, 1.54) is 21.3 Å².